The lowest BCUT2D eigenvalue weighted by Crippen LogP contribution is -2.46. The number of hydrogen-bond acceptors (Lipinski definition) is 5. The molecule has 0 fully saturated rings. The van der Waals surface area contributed by atoms with Gasteiger partial charge in [-0.2, -0.15) is 0 Å². The molecule has 0 aromatic rings. The maximum absolute atomic E-state index is 13.2. The number of allylic oxidation sites excluding steroid dienone is 2. The van der Waals surface area contributed by atoms with Crippen LogP contribution in [0.2, 0.25) is 0 Å². The highest BCUT2D eigenvalue weighted by atomic mass is 16.5. The minimum atomic E-state index is -0.784. The first-order valence-corrected chi connectivity index (χ1v) is 28.9. The summed E-state index contributed by atoms with van der Waals surface area (Å²) in [4.78, 5) is 26.2. The van der Waals surface area contributed by atoms with Gasteiger partial charge in [-0.15, -0.1) is 0 Å². The lowest BCUT2D eigenvalue weighted by Gasteiger charge is -2.24. The van der Waals surface area contributed by atoms with E-state index in [1.807, 2.05) is 0 Å². The first-order chi connectivity index (χ1) is 31.5. The normalized spacial score (nSPS) is 13.1. The average Bonchev–Trinajstić information content (AvgIpc) is 3.29. The van der Waals surface area contributed by atoms with Gasteiger partial charge >= 0.3 is 5.97 Å². The summed E-state index contributed by atoms with van der Waals surface area (Å²) in [5.74, 6) is -0.459. The molecule has 0 aliphatic heterocycles. The molecule has 0 aliphatic rings. The van der Waals surface area contributed by atoms with Crippen LogP contribution in [-0.4, -0.2) is 46.9 Å². The van der Waals surface area contributed by atoms with Crippen molar-refractivity contribution in [1.82, 2.24) is 5.32 Å². The van der Waals surface area contributed by atoms with Crippen molar-refractivity contribution in [3.05, 3.63) is 12.2 Å². The Morgan fingerprint density at radius 2 is 0.750 bits per heavy atom. The molecular formula is C58H113NO5. The van der Waals surface area contributed by atoms with Crippen molar-refractivity contribution in [2.45, 2.75) is 341 Å². The van der Waals surface area contributed by atoms with E-state index in [1.54, 1.807) is 0 Å². The van der Waals surface area contributed by atoms with Crippen LogP contribution in [0.25, 0.3) is 0 Å². The Morgan fingerprint density at radius 1 is 0.438 bits per heavy atom. The van der Waals surface area contributed by atoms with E-state index >= 15 is 0 Å². The molecule has 0 bridgehead atoms. The Labute approximate surface area is 399 Å². The van der Waals surface area contributed by atoms with Crippen LogP contribution in [0.3, 0.4) is 0 Å². The number of carbonyl (C=O) groups is 2. The summed E-state index contributed by atoms with van der Waals surface area (Å²) in [6, 6.07) is -0.698. The van der Waals surface area contributed by atoms with Crippen LogP contribution in [-0.2, 0) is 14.3 Å². The molecule has 1 amide bonds. The maximum atomic E-state index is 13.2. The Kier molecular flexibility index (Phi) is 51.4. The fraction of sp³-hybridized carbons (Fsp3) is 0.931. The van der Waals surface area contributed by atoms with Crippen molar-refractivity contribution >= 4 is 11.9 Å². The Morgan fingerprint density at radius 3 is 1.11 bits per heavy atom. The van der Waals surface area contributed by atoms with Gasteiger partial charge in [0.2, 0.25) is 5.91 Å². The predicted octanol–water partition coefficient (Wildman–Crippen LogP) is 17.7. The minimum Gasteiger partial charge on any atom is -0.462 e. The van der Waals surface area contributed by atoms with Crippen LogP contribution in [0, 0.1) is 0 Å². The van der Waals surface area contributed by atoms with Crippen molar-refractivity contribution in [1.29, 1.82) is 0 Å². The maximum Gasteiger partial charge on any atom is 0.306 e. The molecule has 380 valence electrons. The number of nitrogens with one attached hydrogen (secondary N) is 1. The van der Waals surface area contributed by atoms with Crippen LogP contribution in [0.4, 0.5) is 0 Å². The summed E-state index contributed by atoms with van der Waals surface area (Å²) in [6.45, 7) is 6.51. The predicted molar refractivity (Wildman–Crippen MR) is 278 cm³/mol. The molecule has 0 aliphatic carbocycles. The van der Waals surface area contributed by atoms with E-state index in [-0.39, 0.29) is 24.9 Å². The summed E-state index contributed by atoms with van der Waals surface area (Å²) < 4.78 is 5.96. The number of ether oxygens (including phenoxy) is 1. The quantitative estimate of drug-likeness (QED) is 0.0321. The van der Waals surface area contributed by atoms with Crippen LogP contribution in [0.1, 0.15) is 323 Å². The van der Waals surface area contributed by atoms with Crippen LogP contribution < -0.4 is 5.32 Å². The largest absolute Gasteiger partial charge is 0.462 e. The highest BCUT2D eigenvalue weighted by Gasteiger charge is 2.24. The molecule has 0 rings (SSSR count). The third-order valence-corrected chi connectivity index (χ3v) is 13.6. The molecule has 0 saturated heterocycles. The highest BCUT2D eigenvalue weighted by molar-refractivity contribution is 5.77. The second-order valence-electron chi connectivity index (χ2n) is 20.1. The Hall–Kier alpha value is -1.40. The van der Waals surface area contributed by atoms with Crippen LogP contribution in [0.15, 0.2) is 12.2 Å². The Balaban J connectivity index is 4.48. The number of aliphatic hydroxyl groups excluding tert-OH is 2. The van der Waals surface area contributed by atoms with Gasteiger partial charge in [-0.05, 0) is 51.4 Å². The first-order valence-electron chi connectivity index (χ1n) is 28.9. The molecule has 64 heavy (non-hydrogen) atoms. The van der Waals surface area contributed by atoms with Gasteiger partial charge in [-0.25, -0.2) is 0 Å². The molecule has 0 radical (unpaired) electrons. The minimum absolute atomic E-state index is 0.0794. The van der Waals surface area contributed by atoms with Gasteiger partial charge in [0.1, 0.15) is 6.10 Å². The second-order valence-corrected chi connectivity index (χ2v) is 20.1. The molecule has 0 heterocycles. The fourth-order valence-electron chi connectivity index (χ4n) is 9.19. The van der Waals surface area contributed by atoms with E-state index in [1.165, 1.54) is 218 Å². The number of carbonyl (C=O) groups excluding carboxylic acids is 2. The molecule has 0 aromatic heterocycles. The number of esters is 1. The van der Waals surface area contributed by atoms with E-state index < -0.39 is 18.2 Å². The molecule has 0 spiro atoms. The highest BCUT2D eigenvalue weighted by Crippen LogP contribution is 2.19. The second kappa shape index (κ2) is 52.6. The lowest BCUT2D eigenvalue weighted by molar-refractivity contribution is -0.151. The van der Waals surface area contributed by atoms with E-state index in [0.717, 1.165) is 57.8 Å². The zero-order chi connectivity index (χ0) is 46.7. The van der Waals surface area contributed by atoms with E-state index in [0.29, 0.717) is 19.3 Å². The molecule has 3 N–H and O–H groups in total. The molecule has 6 nitrogen and oxygen atoms in total. The van der Waals surface area contributed by atoms with Gasteiger partial charge in [0.25, 0.3) is 0 Å². The van der Waals surface area contributed by atoms with Crippen molar-refractivity contribution in [2.24, 2.45) is 0 Å². The summed E-state index contributed by atoms with van der Waals surface area (Å²) in [5.41, 5.74) is 0. The molecule has 0 saturated carbocycles. The topological polar surface area (TPSA) is 95.9 Å². The average molecular weight is 905 g/mol. The third-order valence-electron chi connectivity index (χ3n) is 13.6. The van der Waals surface area contributed by atoms with Gasteiger partial charge in [-0.1, -0.05) is 270 Å². The van der Waals surface area contributed by atoms with Gasteiger partial charge in [-0.3, -0.25) is 9.59 Å². The van der Waals surface area contributed by atoms with E-state index in [2.05, 4.69) is 38.2 Å². The standard InChI is InChI=1S/C58H113NO5/c1-4-7-10-13-16-19-22-24-26-27-28-29-31-33-36-39-42-45-48-51-58(63)64-54(49-46-43-40-37-35-32-30-25-23-20-17-14-11-8-5-2)52-57(62)59-55(53-60)56(61)50-47-44-41-38-34-21-18-15-12-9-6-3/h25,30,54-56,60-61H,4-24,26-29,31-53H2,1-3H3,(H,59,62)/b30-25+. The van der Waals surface area contributed by atoms with Gasteiger partial charge in [0.05, 0.1) is 25.2 Å². The van der Waals surface area contributed by atoms with Crippen molar-refractivity contribution < 1.29 is 24.5 Å². The van der Waals surface area contributed by atoms with E-state index in [9.17, 15) is 19.8 Å². The first kappa shape index (κ1) is 62.6. The third kappa shape index (κ3) is 47.1. The smallest absolute Gasteiger partial charge is 0.306 e. The summed E-state index contributed by atoms with van der Waals surface area (Å²) >= 11 is 0. The number of unbranched alkanes of at least 4 members (excludes halogenated alkanes) is 39. The number of aliphatic hydroxyl groups is 2. The monoisotopic (exact) mass is 904 g/mol. The zero-order valence-electron chi connectivity index (χ0n) is 43.4. The zero-order valence-corrected chi connectivity index (χ0v) is 43.4. The number of amides is 1. The van der Waals surface area contributed by atoms with Crippen molar-refractivity contribution in [2.75, 3.05) is 6.61 Å². The van der Waals surface area contributed by atoms with Gasteiger partial charge in [0, 0.05) is 6.42 Å². The molecule has 3 unspecified atom stereocenters. The summed E-state index contributed by atoms with van der Waals surface area (Å²) in [6.07, 6.45) is 60.0. The van der Waals surface area contributed by atoms with Gasteiger partial charge < -0.3 is 20.3 Å². The lowest BCUT2D eigenvalue weighted by atomic mass is 10.0. The number of rotatable bonds is 53. The van der Waals surface area contributed by atoms with Crippen molar-refractivity contribution in [3.8, 4) is 0 Å². The fourth-order valence-corrected chi connectivity index (χ4v) is 9.19. The summed E-state index contributed by atoms with van der Waals surface area (Å²) in [5, 5.41) is 23.8. The number of hydrogen-bond donors (Lipinski definition) is 3. The molecule has 6 heteroatoms. The summed E-state index contributed by atoms with van der Waals surface area (Å²) in [7, 11) is 0. The SMILES string of the molecule is CCCCCCCC/C=C/CCCCCCCC(CC(=O)NC(CO)C(O)CCCCCCCCCCCCC)OC(=O)CCCCCCCCCCCCCCCCCCCCC. The van der Waals surface area contributed by atoms with E-state index in [4.69, 9.17) is 4.74 Å². The van der Waals surface area contributed by atoms with Gasteiger partial charge in [0.15, 0.2) is 0 Å². The van der Waals surface area contributed by atoms with Crippen molar-refractivity contribution in [3.63, 3.8) is 0 Å². The van der Waals surface area contributed by atoms with Crippen LogP contribution in [0.5, 0.6) is 0 Å². The Bertz CT molecular complexity index is 970. The van der Waals surface area contributed by atoms with Crippen LogP contribution >= 0.6 is 0 Å². The molecular weight excluding hydrogens is 791 g/mol. The molecule has 3 atom stereocenters. The molecule has 0 aromatic carbocycles.